The second kappa shape index (κ2) is 6.14. The molecule has 1 aromatic rings. The third kappa shape index (κ3) is 3.25. The van der Waals surface area contributed by atoms with E-state index in [0.29, 0.717) is 11.5 Å². The van der Waals surface area contributed by atoms with Crippen molar-refractivity contribution in [2.45, 2.75) is 26.3 Å². The first-order valence-electron chi connectivity index (χ1n) is 7.86. The molecule has 3 rings (SSSR count). The van der Waals surface area contributed by atoms with Gasteiger partial charge in [0, 0.05) is 45.3 Å². The average molecular weight is 293 g/mol. The van der Waals surface area contributed by atoms with Crippen molar-refractivity contribution in [1.29, 1.82) is 0 Å². The van der Waals surface area contributed by atoms with E-state index in [1.54, 1.807) is 0 Å². The van der Waals surface area contributed by atoms with E-state index >= 15 is 0 Å². The maximum atomic E-state index is 3.51. The molecule has 0 aromatic carbocycles. The molecule has 1 N–H and O–H groups in total. The smallest absolute Gasteiger partial charge is 0.0329 e. The maximum Gasteiger partial charge on any atom is 0.0329 e. The van der Waals surface area contributed by atoms with Gasteiger partial charge in [-0.1, -0.05) is 6.92 Å². The zero-order valence-electron chi connectivity index (χ0n) is 12.8. The van der Waals surface area contributed by atoms with Crippen molar-refractivity contribution >= 4 is 11.3 Å². The third-order valence-electron chi connectivity index (χ3n) is 5.04. The van der Waals surface area contributed by atoms with Crippen LogP contribution in [0.25, 0.3) is 0 Å². The van der Waals surface area contributed by atoms with Crippen LogP contribution in [0, 0.1) is 5.41 Å². The van der Waals surface area contributed by atoms with Gasteiger partial charge in [0.25, 0.3) is 0 Å². The molecule has 0 aliphatic carbocycles. The lowest BCUT2D eigenvalue weighted by Gasteiger charge is -2.40. The van der Waals surface area contributed by atoms with Gasteiger partial charge in [0.1, 0.15) is 0 Å². The van der Waals surface area contributed by atoms with Gasteiger partial charge in [0.15, 0.2) is 0 Å². The van der Waals surface area contributed by atoms with Crippen molar-refractivity contribution < 1.29 is 0 Å². The summed E-state index contributed by atoms with van der Waals surface area (Å²) in [6.07, 6.45) is 1.33. The Kier molecular flexibility index (Phi) is 4.46. The summed E-state index contributed by atoms with van der Waals surface area (Å²) in [6, 6.07) is 2.85. The minimum atomic E-state index is 0.501. The Morgan fingerprint density at radius 2 is 2.15 bits per heavy atom. The lowest BCUT2D eigenvalue weighted by atomic mass is 9.89. The van der Waals surface area contributed by atoms with Crippen LogP contribution in [0.15, 0.2) is 16.8 Å². The third-order valence-corrected chi connectivity index (χ3v) is 5.74. The minimum absolute atomic E-state index is 0.501. The molecule has 2 fully saturated rings. The molecule has 3 heterocycles. The summed E-state index contributed by atoms with van der Waals surface area (Å²) < 4.78 is 0. The van der Waals surface area contributed by atoms with Gasteiger partial charge in [-0.2, -0.15) is 11.3 Å². The van der Waals surface area contributed by atoms with Crippen LogP contribution in [0.4, 0.5) is 0 Å². The number of thiophene rings is 1. The molecule has 2 aliphatic rings. The Morgan fingerprint density at radius 1 is 1.35 bits per heavy atom. The van der Waals surface area contributed by atoms with Crippen LogP contribution in [0.1, 0.15) is 31.9 Å². The highest BCUT2D eigenvalue weighted by molar-refractivity contribution is 7.07. The highest BCUT2D eigenvalue weighted by Gasteiger charge is 2.32. The van der Waals surface area contributed by atoms with E-state index in [-0.39, 0.29) is 0 Å². The van der Waals surface area contributed by atoms with Gasteiger partial charge in [-0.15, -0.1) is 0 Å². The number of piperazine rings is 1. The lowest BCUT2D eigenvalue weighted by Crippen LogP contribution is -2.50. The summed E-state index contributed by atoms with van der Waals surface area (Å²) in [5.41, 5.74) is 1.98. The molecule has 0 bridgehead atoms. The van der Waals surface area contributed by atoms with Crippen LogP contribution in [0.5, 0.6) is 0 Å². The van der Waals surface area contributed by atoms with Gasteiger partial charge < -0.3 is 10.2 Å². The first kappa shape index (κ1) is 14.5. The summed E-state index contributed by atoms with van der Waals surface area (Å²) in [5, 5.41) is 8.00. The molecule has 2 unspecified atom stereocenters. The molecule has 2 aliphatic heterocycles. The summed E-state index contributed by atoms with van der Waals surface area (Å²) in [6.45, 7) is 13.3. The fourth-order valence-electron chi connectivity index (χ4n) is 3.58. The number of hydrogen-bond acceptors (Lipinski definition) is 4. The number of hydrogen-bond donors (Lipinski definition) is 1. The molecule has 2 saturated heterocycles. The van der Waals surface area contributed by atoms with Crippen LogP contribution in [0.2, 0.25) is 0 Å². The second-order valence-corrected chi connectivity index (χ2v) is 7.56. The molecule has 20 heavy (non-hydrogen) atoms. The molecule has 0 saturated carbocycles. The van der Waals surface area contributed by atoms with Crippen molar-refractivity contribution in [3.8, 4) is 0 Å². The molecule has 112 valence electrons. The van der Waals surface area contributed by atoms with Gasteiger partial charge >= 0.3 is 0 Å². The first-order valence-corrected chi connectivity index (χ1v) is 8.80. The normalized spacial score (nSPS) is 30.7. The van der Waals surface area contributed by atoms with Gasteiger partial charge in [-0.25, -0.2) is 0 Å². The highest BCUT2D eigenvalue weighted by Crippen LogP contribution is 2.28. The molecular formula is C16H27N3S. The van der Waals surface area contributed by atoms with Crippen molar-refractivity contribution in [3.63, 3.8) is 0 Å². The van der Waals surface area contributed by atoms with Crippen LogP contribution in [-0.2, 0) is 0 Å². The maximum absolute atomic E-state index is 3.51. The lowest BCUT2D eigenvalue weighted by molar-refractivity contribution is 0.0762. The van der Waals surface area contributed by atoms with Crippen LogP contribution in [0.3, 0.4) is 0 Å². The Bertz CT molecular complexity index is 403. The summed E-state index contributed by atoms with van der Waals surface area (Å²) in [4.78, 5) is 5.30. The minimum Gasteiger partial charge on any atom is -0.316 e. The van der Waals surface area contributed by atoms with E-state index in [4.69, 9.17) is 0 Å². The van der Waals surface area contributed by atoms with Gasteiger partial charge in [0.2, 0.25) is 0 Å². The molecule has 0 amide bonds. The molecule has 2 atom stereocenters. The summed E-state index contributed by atoms with van der Waals surface area (Å²) >= 11 is 1.81. The Morgan fingerprint density at radius 3 is 2.75 bits per heavy atom. The summed E-state index contributed by atoms with van der Waals surface area (Å²) in [5.74, 6) is 0. The van der Waals surface area contributed by atoms with E-state index in [0.717, 1.165) is 0 Å². The van der Waals surface area contributed by atoms with Crippen LogP contribution >= 0.6 is 11.3 Å². The monoisotopic (exact) mass is 293 g/mol. The second-order valence-electron chi connectivity index (χ2n) is 6.78. The molecule has 0 radical (unpaired) electrons. The van der Waals surface area contributed by atoms with Crippen molar-refractivity contribution in [1.82, 2.24) is 15.1 Å². The van der Waals surface area contributed by atoms with Crippen LogP contribution < -0.4 is 5.32 Å². The molecule has 1 aromatic heterocycles. The summed E-state index contributed by atoms with van der Waals surface area (Å²) in [7, 11) is 0. The van der Waals surface area contributed by atoms with E-state index in [9.17, 15) is 0 Å². The Hall–Kier alpha value is -0.420. The Balaban J connectivity index is 1.49. The van der Waals surface area contributed by atoms with E-state index in [1.165, 1.54) is 57.8 Å². The average Bonchev–Trinajstić information content (AvgIpc) is 3.10. The predicted octanol–water partition coefficient (Wildman–Crippen LogP) is 2.43. The van der Waals surface area contributed by atoms with E-state index < -0.39 is 0 Å². The molecule has 3 nitrogen and oxygen atoms in total. The topological polar surface area (TPSA) is 18.5 Å². The van der Waals surface area contributed by atoms with E-state index in [2.05, 4.69) is 45.8 Å². The van der Waals surface area contributed by atoms with E-state index in [1.807, 2.05) is 11.3 Å². The fourth-order valence-corrected chi connectivity index (χ4v) is 4.32. The zero-order chi connectivity index (χ0) is 14.0. The molecule has 0 spiro atoms. The number of nitrogens with one attached hydrogen (secondary N) is 1. The molecular weight excluding hydrogens is 266 g/mol. The first-order chi connectivity index (χ1) is 9.66. The van der Waals surface area contributed by atoms with Gasteiger partial charge in [-0.05, 0) is 47.7 Å². The largest absolute Gasteiger partial charge is 0.316 e. The fraction of sp³-hybridized carbons (Fsp3) is 0.750. The van der Waals surface area contributed by atoms with Crippen molar-refractivity contribution in [2.75, 3.05) is 45.8 Å². The van der Waals surface area contributed by atoms with Crippen molar-refractivity contribution in [3.05, 3.63) is 22.4 Å². The SMILES string of the molecule is CC(c1ccsc1)N1CCN(CC2(C)CCNC2)CC1. The Labute approximate surface area is 127 Å². The quantitative estimate of drug-likeness (QED) is 0.920. The highest BCUT2D eigenvalue weighted by atomic mass is 32.1. The number of rotatable bonds is 4. The zero-order valence-corrected chi connectivity index (χ0v) is 13.6. The van der Waals surface area contributed by atoms with Crippen molar-refractivity contribution in [2.24, 2.45) is 5.41 Å². The van der Waals surface area contributed by atoms with Gasteiger partial charge in [-0.3, -0.25) is 4.90 Å². The standard InChI is InChI=1S/C16H27N3S/c1-14(15-3-10-20-11-15)19-8-6-18(7-9-19)13-16(2)4-5-17-12-16/h3,10-11,14,17H,4-9,12-13H2,1-2H3. The van der Waals surface area contributed by atoms with Gasteiger partial charge in [0.05, 0.1) is 0 Å². The number of nitrogens with zero attached hydrogens (tertiary/aromatic N) is 2. The predicted molar refractivity (Wildman–Crippen MR) is 86.3 cm³/mol. The molecule has 4 heteroatoms. The van der Waals surface area contributed by atoms with Crippen LogP contribution in [-0.4, -0.2) is 55.6 Å².